The van der Waals surface area contributed by atoms with Crippen molar-refractivity contribution in [1.82, 2.24) is 10.6 Å². The first-order valence-corrected chi connectivity index (χ1v) is 3.87. The number of hydrogen-bond acceptors (Lipinski definition) is 2. The Labute approximate surface area is 53.8 Å². The summed E-state index contributed by atoms with van der Waals surface area (Å²) in [6, 6.07) is 0. The van der Waals surface area contributed by atoms with Crippen molar-refractivity contribution in [3.8, 4) is 0 Å². The first-order chi connectivity index (χ1) is 3.77. The lowest BCUT2D eigenvalue weighted by Crippen LogP contribution is -2.27. The lowest BCUT2D eigenvalue weighted by atomic mass is 10.7. The van der Waals surface area contributed by atoms with Crippen molar-refractivity contribution < 1.29 is 0 Å². The van der Waals surface area contributed by atoms with E-state index in [0.717, 1.165) is 28.8 Å². The van der Waals surface area contributed by atoms with Crippen LogP contribution in [0.15, 0.2) is 11.9 Å². The minimum Gasteiger partial charge on any atom is -0.381 e. The molecule has 0 atom stereocenters. The highest BCUT2D eigenvalue weighted by molar-refractivity contribution is 6.20. The van der Waals surface area contributed by atoms with Crippen LogP contribution in [0.5, 0.6) is 0 Å². The van der Waals surface area contributed by atoms with Gasteiger partial charge >= 0.3 is 0 Å². The Hall–Kier alpha value is -0.283. The van der Waals surface area contributed by atoms with Crippen molar-refractivity contribution >= 4 is 10.2 Å². The van der Waals surface area contributed by atoms with Crippen LogP contribution >= 0.6 is 0 Å². The van der Waals surface area contributed by atoms with Crippen LogP contribution in [0.25, 0.3) is 0 Å². The van der Waals surface area contributed by atoms with Gasteiger partial charge in [-0.2, -0.15) is 0 Å². The molecule has 0 aromatic heterocycles. The lowest BCUT2D eigenvalue weighted by Gasteiger charge is -2.03. The molecular formula is C5H14N2Si. The first-order valence-electron chi connectivity index (χ1n) is 2.87. The maximum atomic E-state index is 3.74. The highest BCUT2D eigenvalue weighted by atomic mass is 28.1. The fourth-order valence-corrected chi connectivity index (χ4v) is 0.515. The molecule has 0 spiro atoms. The molecule has 0 radical (unpaired) electrons. The van der Waals surface area contributed by atoms with Crippen molar-refractivity contribution in [2.45, 2.75) is 6.92 Å². The molecule has 0 aromatic rings. The Kier molecular flexibility index (Phi) is 4.69. The van der Waals surface area contributed by atoms with Gasteiger partial charge in [-0.3, -0.25) is 0 Å². The van der Waals surface area contributed by atoms with Gasteiger partial charge in [-0.05, 0) is 11.9 Å². The van der Waals surface area contributed by atoms with E-state index in [-0.39, 0.29) is 0 Å². The molecule has 0 saturated heterocycles. The van der Waals surface area contributed by atoms with Gasteiger partial charge in [0.25, 0.3) is 0 Å². The van der Waals surface area contributed by atoms with E-state index in [0.29, 0.717) is 0 Å². The van der Waals surface area contributed by atoms with Crippen molar-refractivity contribution in [3.05, 3.63) is 11.9 Å². The second kappa shape index (κ2) is 4.87. The van der Waals surface area contributed by atoms with Crippen molar-refractivity contribution in [2.75, 3.05) is 13.2 Å². The molecule has 0 saturated carbocycles. The summed E-state index contributed by atoms with van der Waals surface area (Å²) in [5.41, 5.74) is 0. The van der Waals surface area contributed by atoms with Crippen molar-refractivity contribution in [1.29, 1.82) is 0 Å². The molecule has 0 aliphatic heterocycles. The second-order valence-corrected chi connectivity index (χ2v) is 2.94. The maximum absolute atomic E-state index is 3.74. The average molecular weight is 130 g/mol. The molecule has 0 aromatic carbocycles. The highest BCUT2D eigenvalue weighted by Gasteiger charge is 1.78. The zero-order chi connectivity index (χ0) is 6.41. The molecule has 0 aliphatic carbocycles. The fraction of sp³-hybridized carbons (Fsp3) is 0.600. The van der Waals surface area contributed by atoms with Gasteiger partial charge in [0.15, 0.2) is 0 Å². The van der Waals surface area contributed by atoms with Gasteiger partial charge in [-0.25, -0.2) is 0 Å². The second-order valence-electron chi connectivity index (χ2n) is 1.74. The predicted molar refractivity (Wildman–Crippen MR) is 40.8 cm³/mol. The quantitative estimate of drug-likeness (QED) is 0.289. The molecule has 0 fully saturated rings. The van der Waals surface area contributed by atoms with Crippen LogP contribution in [0.4, 0.5) is 0 Å². The van der Waals surface area contributed by atoms with E-state index in [2.05, 4.69) is 24.1 Å². The molecule has 0 heterocycles. The summed E-state index contributed by atoms with van der Waals surface area (Å²) < 4.78 is 0. The van der Waals surface area contributed by atoms with E-state index in [9.17, 15) is 0 Å². The van der Waals surface area contributed by atoms with Crippen LogP contribution in [0, 0.1) is 0 Å². The van der Waals surface area contributed by atoms with E-state index in [1.54, 1.807) is 0 Å². The normalized spacial score (nSPS) is 9.12. The van der Waals surface area contributed by atoms with Gasteiger partial charge in [0.05, 0.1) is 16.9 Å². The van der Waals surface area contributed by atoms with Gasteiger partial charge in [0.1, 0.15) is 0 Å². The fourth-order valence-electron chi connectivity index (χ4n) is 0.338. The summed E-state index contributed by atoms with van der Waals surface area (Å²) in [5.74, 6) is 0. The van der Waals surface area contributed by atoms with Crippen molar-refractivity contribution in [3.63, 3.8) is 0 Å². The molecule has 0 amide bonds. The third-order valence-electron chi connectivity index (χ3n) is 0.765. The SMILES string of the molecule is C=C([SiH3])NCNCC. The summed E-state index contributed by atoms with van der Waals surface area (Å²) >= 11 is 0. The summed E-state index contributed by atoms with van der Waals surface area (Å²) in [6.45, 7) is 7.69. The Balaban J connectivity index is 2.82. The van der Waals surface area contributed by atoms with Gasteiger partial charge in [0, 0.05) is 0 Å². The Bertz CT molecular complexity index is 72.8. The Morgan fingerprint density at radius 2 is 2.38 bits per heavy atom. The van der Waals surface area contributed by atoms with Crippen LogP contribution in [0.2, 0.25) is 0 Å². The van der Waals surface area contributed by atoms with E-state index in [1.807, 2.05) is 0 Å². The van der Waals surface area contributed by atoms with Crippen LogP contribution < -0.4 is 10.6 Å². The summed E-state index contributed by atoms with van der Waals surface area (Å²) in [7, 11) is 1.04. The first kappa shape index (κ1) is 7.72. The molecule has 0 unspecified atom stereocenters. The molecule has 0 bridgehead atoms. The van der Waals surface area contributed by atoms with Crippen LogP contribution in [-0.2, 0) is 0 Å². The van der Waals surface area contributed by atoms with Crippen molar-refractivity contribution in [2.24, 2.45) is 0 Å². The van der Waals surface area contributed by atoms with Crippen LogP contribution in [-0.4, -0.2) is 23.5 Å². The summed E-state index contributed by atoms with van der Waals surface area (Å²) in [5, 5.41) is 7.38. The summed E-state index contributed by atoms with van der Waals surface area (Å²) in [4.78, 5) is 0. The van der Waals surface area contributed by atoms with Gasteiger partial charge < -0.3 is 10.6 Å². The Morgan fingerprint density at radius 3 is 2.75 bits per heavy atom. The molecule has 0 aliphatic rings. The molecular weight excluding hydrogens is 116 g/mol. The molecule has 8 heavy (non-hydrogen) atoms. The van der Waals surface area contributed by atoms with E-state index >= 15 is 0 Å². The van der Waals surface area contributed by atoms with E-state index < -0.39 is 0 Å². The molecule has 0 rings (SSSR count). The maximum Gasteiger partial charge on any atom is 0.0646 e. The zero-order valence-corrected chi connectivity index (χ0v) is 7.62. The van der Waals surface area contributed by atoms with Crippen LogP contribution in [0.1, 0.15) is 6.92 Å². The minimum absolute atomic E-state index is 0.860. The third kappa shape index (κ3) is 5.72. The molecule has 48 valence electrons. The van der Waals surface area contributed by atoms with E-state index in [4.69, 9.17) is 0 Å². The van der Waals surface area contributed by atoms with Gasteiger partial charge in [-0.15, -0.1) is 0 Å². The molecule has 2 N–H and O–H groups in total. The van der Waals surface area contributed by atoms with Crippen LogP contribution in [0.3, 0.4) is 0 Å². The zero-order valence-electron chi connectivity index (χ0n) is 5.62. The standard InChI is InChI=1S/C5H14N2Si/c1-3-6-4-7-5(2)8/h6-7H,2-4H2,1,8H3. The molecule has 2 nitrogen and oxygen atoms in total. The monoisotopic (exact) mass is 130 g/mol. The summed E-state index contributed by atoms with van der Waals surface area (Å²) in [6.07, 6.45) is 0. The predicted octanol–water partition coefficient (Wildman–Crippen LogP) is -1.02. The number of rotatable bonds is 4. The van der Waals surface area contributed by atoms with E-state index in [1.165, 1.54) is 0 Å². The smallest absolute Gasteiger partial charge is 0.0646 e. The van der Waals surface area contributed by atoms with Gasteiger partial charge in [0.2, 0.25) is 0 Å². The number of nitrogens with one attached hydrogen (secondary N) is 2. The minimum atomic E-state index is 0.860. The van der Waals surface area contributed by atoms with Gasteiger partial charge in [-0.1, -0.05) is 13.5 Å². The Morgan fingerprint density at radius 1 is 1.75 bits per heavy atom. The third-order valence-corrected chi connectivity index (χ3v) is 1.12. The topological polar surface area (TPSA) is 24.1 Å². The highest BCUT2D eigenvalue weighted by Crippen LogP contribution is 1.65. The average Bonchev–Trinajstić information content (AvgIpc) is 1.66. The lowest BCUT2D eigenvalue weighted by molar-refractivity contribution is 0.671. The number of hydrogen-bond donors (Lipinski definition) is 2. The largest absolute Gasteiger partial charge is 0.381 e. The molecule has 3 heteroatoms.